The van der Waals surface area contributed by atoms with Crippen LogP contribution >= 0.6 is 0 Å². The van der Waals surface area contributed by atoms with E-state index in [-0.39, 0.29) is 37.8 Å². The van der Waals surface area contributed by atoms with Crippen LogP contribution in [-0.4, -0.2) is 57.5 Å². The summed E-state index contributed by atoms with van der Waals surface area (Å²) in [7, 11) is 0. The zero-order valence-corrected chi connectivity index (χ0v) is 12.0. The second-order valence-electron chi connectivity index (χ2n) is 5.37. The molecule has 2 amide bonds. The first-order valence-electron chi connectivity index (χ1n) is 6.76. The van der Waals surface area contributed by atoms with Gasteiger partial charge in [0.2, 0.25) is 11.8 Å². The molecule has 1 aliphatic heterocycles. The number of rotatable bonds is 7. The molecule has 0 aromatic carbocycles. The molecule has 8 nitrogen and oxygen atoms in total. The van der Waals surface area contributed by atoms with Gasteiger partial charge in [0, 0.05) is 25.4 Å². The molecule has 1 saturated heterocycles. The van der Waals surface area contributed by atoms with Crippen molar-refractivity contribution < 1.29 is 29.4 Å². The highest BCUT2D eigenvalue weighted by molar-refractivity contribution is 5.91. The number of likely N-dealkylation sites (tertiary alicyclic amines) is 1. The van der Waals surface area contributed by atoms with Crippen molar-refractivity contribution >= 4 is 23.8 Å². The van der Waals surface area contributed by atoms with Gasteiger partial charge in [0.1, 0.15) is 6.04 Å². The molecule has 1 heterocycles. The lowest BCUT2D eigenvalue weighted by molar-refractivity contribution is -0.143. The molecule has 1 aliphatic rings. The Kier molecular flexibility index (Phi) is 5.69. The van der Waals surface area contributed by atoms with Crippen molar-refractivity contribution in [2.75, 3.05) is 6.54 Å². The molecular weight excluding hydrogens is 280 g/mol. The number of carbonyl (C=O) groups is 4. The predicted octanol–water partition coefficient (Wildman–Crippen LogP) is -0.322. The minimum atomic E-state index is -1.28. The van der Waals surface area contributed by atoms with Crippen LogP contribution in [0.2, 0.25) is 0 Å². The summed E-state index contributed by atoms with van der Waals surface area (Å²) >= 11 is 0. The normalized spacial score (nSPS) is 19.7. The van der Waals surface area contributed by atoms with E-state index in [0.717, 1.165) is 0 Å². The lowest BCUT2D eigenvalue weighted by Gasteiger charge is -2.21. The van der Waals surface area contributed by atoms with Crippen molar-refractivity contribution in [3.63, 3.8) is 0 Å². The summed E-state index contributed by atoms with van der Waals surface area (Å²) in [5.74, 6) is -3.66. The number of carboxylic acid groups (broad SMARTS) is 2. The highest BCUT2D eigenvalue weighted by Gasteiger charge is 2.36. The quantitative estimate of drug-likeness (QED) is 0.592. The highest BCUT2D eigenvalue weighted by atomic mass is 16.4. The summed E-state index contributed by atoms with van der Waals surface area (Å²) in [5, 5.41) is 19.9. The zero-order valence-electron chi connectivity index (χ0n) is 12.0. The van der Waals surface area contributed by atoms with E-state index in [4.69, 9.17) is 10.2 Å². The van der Waals surface area contributed by atoms with Crippen molar-refractivity contribution in [3.05, 3.63) is 0 Å². The molecule has 1 rings (SSSR count). The van der Waals surface area contributed by atoms with Crippen LogP contribution in [0.4, 0.5) is 0 Å². The Bertz CT molecular complexity index is 448. The summed E-state index contributed by atoms with van der Waals surface area (Å²) in [6.45, 7) is 3.93. The van der Waals surface area contributed by atoms with Gasteiger partial charge >= 0.3 is 11.9 Å². The Labute approximate surface area is 122 Å². The Balaban J connectivity index is 2.60. The molecule has 0 saturated carbocycles. The third-order valence-corrected chi connectivity index (χ3v) is 3.41. The van der Waals surface area contributed by atoms with Gasteiger partial charge in [-0.15, -0.1) is 0 Å². The first-order chi connectivity index (χ1) is 9.72. The second-order valence-corrected chi connectivity index (χ2v) is 5.37. The molecule has 118 valence electrons. The average molecular weight is 300 g/mol. The van der Waals surface area contributed by atoms with Crippen LogP contribution in [0.3, 0.4) is 0 Å². The summed E-state index contributed by atoms with van der Waals surface area (Å²) in [4.78, 5) is 46.8. The summed E-state index contributed by atoms with van der Waals surface area (Å²) in [6.07, 6.45) is -0.487. The SMILES string of the molecule is CC(C)N1CC(C(=O)NC(CCC(=O)O)C(=O)O)CC1=O. The molecule has 0 aromatic rings. The molecule has 8 heteroatoms. The monoisotopic (exact) mass is 300 g/mol. The number of nitrogens with zero attached hydrogens (tertiary/aromatic N) is 1. The predicted molar refractivity (Wildman–Crippen MR) is 71.4 cm³/mol. The highest BCUT2D eigenvalue weighted by Crippen LogP contribution is 2.20. The van der Waals surface area contributed by atoms with Gasteiger partial charge in [-0.25, -0.2) is 4.79 Å². The first-order valence-corrected chi connectivity index (χ1v) is 6.76. The van der Waals surface area contributed by atoms with Gasteiger partial charge in [0.25, 0.3) is 0 Å². The van der Waals surface area contributed by atoms with Crippen LogP contribution in [0.25, 0.3) is 0 Å². The number of nitrogens with one attached hydrogen (secondary N) is 1. The Morgan fingerprint density at radius 1 is 1.33 bits per heavy atom. The van der Waals surface area contributed by atoms with E-state index >= 15 is 0 Å². The van der Waals surface area contributed by atoms with E-state index in [0.29, 0.717) is 0 Å². The fourth-order valence-electron chi connectivity index (χ4n) is 2.22. The largest absolute Gasteiger partial charge is 0.481 e. The third kappa shape index (κ3) is 4.73. The van der Waals surface area contributed by atoms with E-state index in [9.17, 15) is 19.2 Å². The fraction of sp³-hybridized carbons (Fsp3) is 0.692. The standard InChI is InChI=1S/C13H20N2O6/c1-7(2)15-6-8(5-10(15)16)12(19)14-9(13(20)21)3-4-11(17)18/h7-9H,3-6H2,1-2H3,(H,14,19)(H,17,18)(H,20,21). The van der Waals surface area contributed by atoms with Crippen LogP contribution in [0.5, 0.6) is 0 Å². The van der Waals surface area contributed by atoms with Crippen LogP contribution in [0, 0.1) is 5.92 Å². The van der Waals surface area contributed by atoms with Crippen molar-refractivity contribution in [1.82, 2.24) is 10.2 Å². The Hall–Kier alpha value is -2.12. The second kappa shape index (κ2) is 7.05. The fourth-order valence-corrected chi connectivity index (χ4v) is 2.22. The van der Waals surface area contributed by atoms with E-state index in [1.54, 1.807) is 4.90 Å². The molecule has 0 aromatic heterocycles. The van der Waals surface area contributed by atoms with Crippen LogP contribution in [-0.2, 0) is 19.2 Å². The molecule has 21 heavy (non-hydrogen) atoms. The molecule has 0 bridgehead atoms. The Morgan fingerprint density at radius 2 is 1.95 bits per heavy atom. The first kappa shape index (κ1) is 16.9. The van der Waals surface area contributed by atoms with Gasteiger partial charge in [-0.05, 0) is 20.3 Å². The average Bonchev–Trinajstić information content (AvgIpc) is 2.75. The summed E-state index contributed by atoms with van der Waals surface area (Å²) in [5.41, 5.74) is 0. The summed E-state index contributed by atoms with van der Waals surface area (Å²) < 4.78 is 0. The molecule has 0 aliphatic carbocycles. The topological polar surface area (TPSA) is 124 Å². The molecule has 3 N–H and O–H groups in total. The number of carbonyl (C=O) groups excluding carboxylic acids is 2. The van der Waals surface area contributed by atoms with Crippen molar-refractivity contribution in [1.29, 1.82) is 0 Å². The van der Waals surface area contributed by atoms with Crippen molar-refractivity contribution in [2.45, 2.75) is 45.2 Å². The number of aliphatic carboxylic acids is 2. The maximum absolute atomic E-state index is 12.0. The van der Waals surface area contributed by atoms with Crippen LogP contribution in [0.1, 0.15) is 33.1 Å². The van der Waals surface area contributed by atoms with Gasteiger partial charge in [-0.1, -0.05) is 0 Å². The summed E-state index contributed by atoms with van der Waals surface area (Å²) in [6, 6.07) is -1.27. The molecule has 2 unspecified atom stereocenters. The van der Waals surface area contributed by atoms with E-state index in [1.165, 1.54) is 0 Å². The van der Waals surface area contributed by atoms with E-state index in [1.807, 2.05) is 13.8 Å². The lowest BCUT2D eigenvalue weighted by Crippen LogP contribution is -2.44. The van der Waals surface area contributed by atoms with Crippen LogP contribution < -0.4 is 5.32 Å². The minimum absolute atomic E-state index is 0.0161. The van der Waals surface area contributed by atoms with Crippen molar-refractivity contribution in [2.24, 2.45) is 5.92 Å². The van der Waals surface area contributed by atoms with Gasteiger partial charge in [-0.3, -0.25) is 14.4 Å². The number of carboxylic acids is 2. The van der Waals surface area contributed by atoms with Gasteiger partial charge in [0.05, 0.1) is 5.92 Å². The smallest absolute Gasteiger partial charge is 0.326 e. The minimum Gasteiger partial charge on any atom is -0.481 e. The maximum Gasteiger partial charge on any atom is 0.326 e. The van der Waals surface area contributed by atoms with E-state index in [2.05, 4.69) is 5.32 Å². The molecular formula is C13H20N2O6. The van der Waals surface area contributed by atoms with Gasteiger partial charge in [0.15, 0.2) is 0 Å². The maximum atomic E-state index is 12.0. The molecule has 0 radical (unpaired) electrons. The number of hydrogen-bond acceptors (Lipinski definition) is 4. The number of hydrogen-bond donors (Lipinski definition) is 3. The van der Waals surface area contributed by atoms with Crippen molar-refractivity contribution in [3.8, 4) is 0 Å². The lowest BCUT2D eigenvalue weighted by atomic mass is 10.1. The molecule has 2 atom stereocenters. The third-order valence-electron chi connectivity index (χ3n) is 3.41. The Morgan fingerprint density at radius 3 is 2.38 bits per heavy atom. The van der Waals surface area contributed by atoms with Crippen LogP contribution in [0.15, 0.2) is 0 Å². The molecule has 0 spiro atoms. The van der Waals surface area contributed by atoms with Gasteiger partial charge in [-0.2, -0.15) is 0 Å². The molecule has 1 fully saturated rings. The zero-order chi connectivity index (χ0) is 16.2. The van der Waals surface area contributed by atoms with E-state index < -0.39 is 29.8 Å². The van der Waals surface area contributed by atoms with Gasteiger partial charge < -0.3 is 20.4 Å². The number of amides is 2.